The van der Waals surface area contributed by atoms with Gasteiger partial charge in [-0.25, -0.2) is 0 Å². The van der Waals surface area contributed by atoms with Crippen molar-refractivity contribution in [1.82, 2.24) is 0 Å². The first-order chi connectivity index (χ1) is 10.2. The number of ether oxygens (including phenoxy) is 2. The molecule has 0 unspecified atom stereocenters. The summed E-state index contributed by atoms with van der Waals surface area (Å²) in [6.07, 6.45) is 0. The SMILES string of the molecule is COc1ccc2cc(-c3ccc(OC(F)F)cc3)sc2c1. The van der Waals surface area contributed by atoms with Crippen molar-refractivity contribution in [2.75, 3.05) is 7.11 Å². The lowest BCUT2D eigenvalue weighted by atomic mass is 10.1. The molecule has 0 amide bonds. The van der Waals surface area contributed by atoms with Crippen LogP contribution < -0.4 is 9.47 Å². The van der Waals surface area contributed by atoms with Crippen LogP contribution in [0.5, 0.6) is 11.5 Å². The van der Waals surface area contributed by atoms with Crippen molar-refractivity contribution in [3.63, 3.8) is 0 Å². The number of alkyl halides is 2. The Bertz CT molecular complexity index is 751. The molecule has 0 aliphatic carbocycles. The summed E-state index contributed by atoms with van der Waals surface area (Å²) in [5, 5.41) is 1.13. The summed E-state index contributed by atoms with van der Waals surface area (Å²) in [5.41, 5.74) is 0.969. The van der Waals surface area contributed by atoms with Crippen molar-refractivity contribution in [3.8, 4) is 21.9 Å². The molecule has 0 atom stereocenters. The first-order valence-corrected chi connectivity index (χ1v) is 7.10. The zero-order valence-electron chi connectivity index (χ0n) is 11.2. The number of hydrogen-bond acceptors (Lipinski definition) is 3. The van der Waals surface area contributed by atoms with Crippen molar-refractivity contribution in [3.05, 3.63) is 48.5 Å². The predicted molar refractivity (Wildman–Crippen MR) is 80.4 cm³/mol. The highest BCUT2D eigenvalue weighted by atomic mass is 32.1. The van der Waals surface area contributed by atoms with Crippen LogP contribution in [-0.4, -0.2) is 13.7 Å². The highest BCUT2D eigenvalue weighted by Crippen LogP contribution is 2.35. The largest absolute Gasteiger partial charge is 0.497 e. The Labute approximate surface area is 124 Å². The van der Waals surface area contributed by atoms with Crippen molar-refractivity contribution in [1.29, 1.82) is 0 Å². The Balaban J connectivity index is 1.92. The fourth-order valence-electron chi connectivity index (χ4n) is 2.08. The van der Waals surface area contributed by atoms with Crippen LogP contribution >= 0.6 is 11.3 Å². The van der Waals surface area contributed by atoms with E-state index in [1.54, 1.807) is 42.7 Å². The van der Waals surface area contributed by atoms with Crippen LogP contribution in [0.15, 0.2) is 48.5 Å². The standard InChI is InChI=1S/C16H12F2O2S/c1-19-13-7-4-11-8-14(21-15(11)9-13)10-2-5-12(6-3-10)20-16(17)18/h2-9,16H,1H3. The van der Waals surface area contributed by atoms with Gasteiger partial charge in [0.05, 0.1) is 7.11 Å². The second kappa shape index (κ2) is 5.69. The number of benzene rings is 2. The zero-order valence-corrected chi connectivity index (χ0v) is 12.0. The van der Waals surface area contributed by atoms with Gasteiger partial charge in [0.25, 0.3) is 0 Å². The Morgan fingerprint density at radius 2 is 1.67 bits per heavy atom. The van der Waals surface area contributed by atoms with Crippen LogP contribution in [-0.2, 0) is 0 Å². The summed E-state index contributed by atoms with van der Waals surface area (Å²) < 4.78 is 34.9. The summed E-state index contributed by atoms with van der Waals surface area (Å²) >= 11 is 1.63. The van der Waals surface area contributed by atoms with Gasteiger partial charge in [-0.1, -0.05) is 0 Å². The van der Waals surface area contributed by atoms with Crippen molar-refractivity contribution < 1.29 is 18.3 Å². The van der Waals surface area contributed by atoms with Crippen LogP contribution in [0.4, 0.5) is 8.78 Å². The van der Waals surface area contributed by atoms with Crippen LogP contribution in [0.1, 0.15) is 0 Å². The van der Waals surface area contributed by atoms with E-state index < -0.39 is 6.61 Å². The van der Waals surface area contributed by atoms with Crippen LogP contribution in [0, 0.1) is 0 Å². The molecule has 1 aromatic heterocycles. The van der Waals surface area contributed by atoms with Crippen LogP contribution in [0.2, 0.25) is 0 Å². The number of fused-ring (bicyclic) bond motifs is 1. The molecule has 0 radical (unpaired) electrons. The van der Waals surface area contributed by atoms with Crippen molar-refractivity contribution in [2.45, 2.75) is 6.61 Å². The molecule has 108 valence electrons. The van der Waals surface area contributed by atoms with Crippen LogP contribution in [0.25, 0.3) is 20.5 Å². The number of hydrogen-bond donors (Lipinski definition) is 0. The van der Waals surface area contributed by atoms with E-state index in [0.717, 1.165) is 26.3 Å². The molecule has 0 bridgehead atoms. The van der Waals surface area contributed by atoms with E-state index in [4.69, 9.17) is 4.74 Å². The molecule has 0 saturated carbocycles. The van der Waals surface area contributed by atoms with E-state index >= 15 is 0 Å². The molecule has 0 spiro atoms. The third-order valence-corrected chi connectivity index (χ3v) is 4.24. The Hall–Kier alpha value is -2.14. The van der Waals surface area contributed by atoms with E-state index in [1.807, 2.05) is 18.2 Å². The molecule has 0 aliphatic heterocycles. The quantitative estimate of drug-likeness (QED) is 0.661. The highest BCUT2D eigenvalue weighted by molar-refractivity contribution is 7.22. The molecule has 2 aromatic carbocycles. The van der Waals surface area contributed by atoms with Gasteiger partial charge < -0.3 is 9.47 Å². The van der Waals surface area contributed by atoms with Gasteiger partial charge >= 0.3 is 6.61 Å². The Kier molecular flexibility index (Phi) is 3.75. The molecule has 0 aliphatic rings. The smallest absolute Gasteiger partial charge is 0.387 e. The molecule has 0 saturated heterocycles. The minimum absolute atomic E-state index is 0.163. The highest BCUT2D eigenvalue weighted by Gasteiger charge is 2.07. The molecular weight excluding hydrogens is 294 g/mol. The van der Waals surface area contributed by atoms with Gasteiger partial charge in [0.2, 0.25) is 0 Å². The Morgan fingerprint density at radius 3 is 2.33 bits per heavy atom. The third-order valence-electron chi connectivity index (χ3n) is 3.09. The summed E-state index contributed by atoms with van der Waals surface area (Å²) in [6.45, 7) is -2.80. The van der Waals surface area contributed by atoms with Crippen molar-refractivity contribution >= 4 is 21.4 Å². The average Bonchev–Trinajstić information content (AvgIpc) is 2.90. The first-order valence-electron chi connectivity index (χ1n) is 6.28. The molecule has 1 heterocycles. The average molecular weight is 306 g/mol. The van der Waals surface area contributed by atoms with Gasteiger partial charge in [-0.2, -0.15) is 8.78 Å². The predicted octanol–water partition coefficient (Wildman–Crippen LogP) is 5.18. The zero-order chi connectivity index (χ0) is 14.8. The fraction of sp³-hybridized carbons (Fsp3) is 0.125. The molecule has 21 heavy (non-hydrogen) atoms. The molecule has 3 aromatic rings. The molecule has 2 nitrogen and oxygen atoms in total. The van der Waals surface area contributed by atoms with Gasteiger partial charge in [0.1, 0.15) is 11.5 Å². The van der Waals surface area contributed by atoms with Gasteiger partial charge in [0.15, 0.2) is 0 Å². The second-order valence-electron chi connectivity index (χ2n) is 4.42. The molecule has 3 rings (SSSR count). The minimum atomic E-state index is -2.80. The number of rotatable bonds is 4. The lowest BCUT2D eigenvalue weighted by Gasteiger charge is -2.04. The number of methoxy groups -OCH3 is 1. The Morgan fingerprint density at radius 1 is 0.952 bits per heavy atom. The lowest BCUT2D eigenvalue weighted by molar-refractivity contribution is -0.0498. The fourth-order valence-corrected chi connectivity index (χ4v) is 3.18. The summed E-state index contributed by atoms with van der Waals surface area (Å²) in [6, 6.07) is 14.6. The van der Waals surface area contributed by atoms with E-state index in [2.05, 4.69) is 10.8 Å². The maximum atomic E-state index is 12.1. The lowest BCUT2D eigenvalue weighted by Crippen LogP contribution is -2.01. The monoisotopic (exact) mass is 306 g/mol. The van der Waals surface area contributed by atoms with E-state index in [0.29, 0.717) is 0 Å². The topological polar surface area (TPSA) is 18.5 Å². The second-order valence-corrected chi connectivity index (χ2v) is 5.50. The van der Waals surface area contributed by atoms with Crippen LogP contribution in [0.3, 0.4) is 0 Å². The maximum absolute atomic E-state index is 12.1. The van der Waals surface area contributed by atoms with Gasteiger partial charge in [-0.15, -0.1) is 11.3 Å². The maximum Gasteiger partial charge on any atom is 0.387 e. The minimum Gasteiger partial charge on any atom is -0.497 e. The molecule has 5 heteroatoms. The van der Waals surface area contributed by atoms with E-state index in [9.17, 15) is 8.78 Å². The normalized spacial score (nSPS) is 11.0. The summed E-state index contributed by atoms with van der Waals surface area (Å²) in [5.74, 6) is 0.980. The van der Waals surface area contributed by atoms with Crippen molar-refractivity contribution in [2.24, 2.45) is 0 Å². The summed E-state index contributed by atoms with van der Waals surface area (Å²) in [4.78, 5) is 1.07. The van der Waals surface area contributed by atoms with E-state index in [-0.39, 0.29) is 5.75 Å². The first kappa shape index (κ1) is 13.8. The third kappa shape index (κ3) is 2.97. The van der Waals surface area contributed by atoms with Gasteiger partial charge in [-0.05, 0) is 59.5 Å². The molecule has 0 N–H and O–H groups in total. The van der Waals surface area contributed by atoms with Gasteiger partial charge in [0, 0.05) is 9.58 Å². The molecule has 0 fully saturated rings. The van der Waals surface area contributed by atoms with E-state index in [1.165, 1.54) is 0 Å². The summed E-state index contributed by atoms with van der Waals surface area (Å²) in [7, 11) is 1.64. The van der Waals surface area contributed by atoms with Gasteiger partial charge in [-0.3, -0.25) is 0 Å². The number of thiophene rings is 1. The molecular formula is C16H12F2O2S. The number of halogens is 2.